The van der Waals surface area contributed by atoms with Gasteiger partial charge in [-0.05, 0) is 45.7 Å². The first kappa shape index (κ1) is 23.8. The third kappa shape index (κ3) is 5.07. The SMILES string of the molecule is C=C(CCc1c(C)nc(N2CCOCC2)[nH]c1=O)N(C)Cc1c(C)nn(-c2ccccc2)c1C. The highest BCUT2D eigenvalue weighted by Crippen LogP contribution is 2.21. The molecule has 2 aromatic heterocycles. The number of benzene rings is 1. The third-order valence-corrected chi connectivity index (χ3v) is 6.56. The van der Waals surface area contributed by atoms with Gasteiger partial charge < -0.3 is 14.5 Å². The number of aromatic nitrogens is 4. The van der Waals surface area contributed by atoms with Gasteiger partial charge >= 0.3 is 0 Å². The van der Waals surface area contributed by atoms with E-state index in [2.05, 4.69) is 45.4 Å². The van der Waals surface area contributed by atoms with Gasteiger partial charge in [-0.15, -0.1) is 0 Å². The molecule has 8 nitrogen and oxygen atoms in total. The maximum absolute atomic E-state index is 12.8. The Hall–Kier alpha value is -3.39. The van der Waals surface area contributed by atoms with E-state index in [-0.39, 0.29) is 5.56 Å². The van der Waals surface area contributed by atoms with Crippen molar-refractivity contribution < 1.29 is 4.74 Å². The van der Waals surface area contributed by atoms with Crippen LogP contribution in [0.4, 0.5) is 5.95 Å². The zero-order chi connectivity index (χ0) is 24.2. The molecule has 0 aliphatic carbocycles. The molecule has 1 aliphatic heterocycles. The Balaban J connectivity index is 1.41. The van der Waals surface area contributed by atoms with Crippen molar-refractivity contribution in [3.63, 3.8) is 0 Å². The summed E-state index contributed by atoms with van der Waals surface area (Å²) in [7, 11) is 2.04. The van der Waals surface area contributed by atoms with Crippen LogP contribution >= 0.6 is 0 Å². The molecule has 8 heteroatoms. The van der Waals surface area contributed by atoms with E-state index in [9.17, 15) is 4.79 Å². The molecule has 1 aliphatic rings. The van der Waals surface area contributed by atoms with Crippen LogP contribution < -0.4 is 10.5 Å². The maximum Gasteiger partial charge on any atom is 0.255 e. The molecule has 0 bridgehead atoms. The summed E-state index contributed by atoms with van der Waals surface area (Å²) < 4.78 is 7.38. The van der Waals surface area contributed by atoms with Crippen LogP contribution in [-0.2, 0) is 17.7 Å². The van der Waals surface area contributed by atoms with Gasteiger partial charge in [0.05, 0.1) is 24.6 Å². The quantitative estimate of drug-likeness (QED) is 0.553. The zero-order valence-electron chi connectivity index (χ0n) is 20.6. The highest BCUT2D eigenvalue weighted by molar-refractivity contribution is 5.37. The van der Waals surface area contributed by atoms with Crippen LogP contribution in [0.25, 0.3) is 5.69 Å². The maximum atomic E-state index is 12.8. The van der Waals surface area contributed by atoms with Gasteiger partial charge in [0.15, 0.2) is 0 Å². The number of morpholine rings is 1. The van der Waals surface area contributed by atoms with E-state index in [1.165, 1.54) is 5.56 Å². The first-order chi connectivity index (χ1) is 16.3. The number of rotatable bonds is 8. The summed E-state index contributed by atoms with van der Waals surface area (Å²) in [6.45, 7) is 13.8. The van der Waals surface area contributed by atoms with Crippen LogP contribution in [0.1, 0.15) is 34.6 Å². The lowest BCUT2D eigenvalue weighted by Crippen LogP contribution is -2.38. The van der Waals surface area contributed by atoms with Gasteiger partial charge in [-0.25, -0.2) is 9.67 Å². The number of para-hydroxylation sites is 1. The van der Waals surface area contributed by atoms with Crippen molar-refractivity contribution in [1.82, 2.24) is 24.6 Å². The highest BCUT2D eigenvalue weighted by Gasteiger charge is 2.18. The molecule has 180 valence electrons. The number of hydrogen-bond donors (Lipinski definition) is 1. The van der Waals surface area contributed by atoms with Crippen molar-refractivity contribution in [2.24, 2.45) is 0 Å². The summed E-state index contributed by atoms with van der Waals surface area (Å²) in [5.41, 5.74) is 6.78. The average molecular weight is 463 g/mol. The van der Waals surface area contributed by atoms with E-state index >= 15 is 0 Å². The normalized spacial score (nSPS) is 13.8. The molecule has 1 saturated heterocycles. The molecule has 1 fully saturated rings. The predicted octanol–water partition coefficient (Wildman–Crippen LogP) is 3.30. The van der Waals surface area contributed by atoms with Crippen molar-refractivity contribution >= 4 is 5.95 Å². The molecule has 0 unspecified atom stereocenters. The average Bonchev–Trinajstić information content (AvgIpc) is 3.12. The molecule has 3 aromatic rings. The van der Waals surface area contributed by atoms with Crippen molar-refractivity contribution in [2.45, 2.75) is 40.2 Å². The fraction of sp³-hybridized carbons (Fsp3) is 0.423. The number of nitrogens with zero attached hydrogens (tertiary/aromatic N) is 5. The molecule has 1 aromatic carbocycles. The molecule has 0 saturated carbocycles. The summed E-state index contributed by atoms with van der Waals surface area (Å²) >= 11 is 0. The lowest BCUT2D eigenvalue weighted by molar-refractivity contribution is 0.122. The Bertz CT molecular complexity index is 1210. The van der Waals surface area contributed by atoms with Crippen LogP contribution in [0.3, 0.4) is 0 Å². The second-order valence-electron chi connectivity index (χ2n) is 8.87. The monoisotopic (exact) mass is 462 g/mol. The first-order valence-electron chi connectivity index (χ1n) is 11.8. The van der Waals surface area contributed by atoms with Crippen LogP contribution in [0, 0.1) is 20.8 Å². The largest absolute Gasteiger partial charge is 0.378 e. The molecule has 0 radical (unpaired) electrons. The Morgan fingerprint density at radius 1 is 1.12 bits per heavy atom. The summed E-state index contributed by atoms with van der Waals surface area (Å²) in [5, 5.41) is 4.75. The predicted molar refractivity (Wildman–Crippen MR) is 135 cm³/mol. The molecule has 34 heavy (non-hydrogen) atoms. The van der Waals surface area contributed by atoms with Gasteiger partial charge in [-0.1, -0.05) is 24.8 Å². The molecule has 4 rings (SSSR count). The minimum atomic E-state index is -0.0692. The van der Waals surface area contributed by atoms with Crippen LogP contribution in [0.5, 0.6) is 0 Å². The summed E-state index contributed by atoms with van der Waals surface area (Å²) in [6, 6.07) is 10.2. The lowest BCUT2D eigenvalue weighted by Gasteiger charge is -2.27. The van der Waals surface area contributed by atoms with Gasteiger partial charge in [-0.2, -0.15) is 5.10 Å². The van der Waals surface area contributed by atoms with E-state index in [4.69, 9.17) is 9.84 Å². The van der Waals surface area contributed by atoms with E-state index in [0.29, 0.717) is 38.5 Å². The Morgan fingerprint density at radius 3 is 2.50 bits per heavy atom. The first-order valence-corrected chi connectivity index (χ1v) is 11.8. The van der Waals surface area contributed by atoms with Crippen LogP contribution in [0.2, 0.25) is 0 Å². The second kappa shape index (κ2) is 10.3. The Labute approximate surface area is 200 Å². The van der Waals surface area contributed by atoms with Gasteiger partial charge in [0.25, 0.3) is 5.56 Å². The van der Waals surface area contributed by atoms with Crippen molar-refractivity contribution in [2.75, 3.05) is 38.3 Å². The summed E-state index contributed by atoms with van der Waals surface area (Å²) in [5.74, 6) is 0.631. The minimum absolute atomic E-state index is 0.0692. The topological polar surface area (TPSA) is 79.3 Å². The van der Waals surface area contributed by atoms with Gasteiger partial charge in [0.1, 0.15) is 0 Å². The van der Waals surface area contributed by atoms with E-state index in [1.54, 1.807) is 0 Å². The molecule has 1 N–H and O–H groups in total. The highest BCUT2D eigenvalue weighted by atomic mass is 16.5. The van der Waals surface area contributed by atoms with Crippen molar-refractivity contribution in [1.29, 1.82) is 0 Å². The number of aromatic amines is 1. The molecule has 0 spiro atoms. The molecular formula is C26H34N6O2. The number of anilines is 1. The Morgan fingerprint density at radius 2 is 1.82 bits per heavy atom. The lowest BCUT2D eigenvalue weighted by atomic mass is 10.1. The fourth-order valence-corrected chi connectivity index (χ4v) is 4.35. The number of aryl methyl sites for hydroxylation is 2. The van der Waals surface area contributed by atoms with Crippen molar-refractivity contribution in [3.05, 3.63) is 81.2 Å². The summed E-state index contributed by atoms with van der Waals surface area (Å²) in [6.07, 6.45) is 1.28. The van der Waals surface area contributed by atoms with Gasteiger partial charge in [-0.3, -0.25) is 9.78 Å². The summed E-state index contributed by atoms with van der Waals surface area (Å²) in [4.78, 5) is 24.6. The van der Waals surface area contributed by atoms with E-state index in [1.807, 2.05) is 43.8 Å². The van der Waals surface area contributed by atoms with Crippen LogP contribution in [0.15, 0.2) is 47.4 Å². The molecule has 0 atom stereocenters. The van der Waals surface area contributed by atoms with E-state index in [0.717, 1.165) is 47.1 Å². The molecule has 3 heterocycles. The fourth-order valence-electron chi connectivity index (χ4n) is 4.35. The molecular weight excluding hydrogens is 428 g/mol. The van der Waals surface area contributed by atoms with Gasteiger partial charge in [0, 0.05) is 54.9 Å². The number of H-pyrrole nitrogens is 1. The Kier molecular flexibility index (Phi) is 7.17. The smallest absolute Gasteiger partial charge is 0.255 e. The van der Waals surface area contributed by atoms with Gasteiger partial charge in [0.2, 0.25) is 5.95 Å². The zero-order valence-corrected chi connectivity index (χ0v) is 20.6. The van der Waals surface area contributed by atoms with Crippen LogP contribution in [-0.4, -0.2) is 58.0 Å². The van der Waals surface area contributed by atoms with E-state index < -0.39 is 0 Å². The number of allylic oxidation sites excluding steroid dienone is 1. The standard InChI is InChI=1S/C26H34N6O2/c1-18(11-12-23-19(2)27-26(28-25(23)33)31-13-15-34-16-14-31)30(5)17-24-20(3)29-32(21(24)4)22-9-7-6-8-10-22/h6-10H,1,11-17H2,2-5H3,(H,27,28,33). The second-order valence-corrected chi connectivity index (χ2v) is 8.87. The number of hydrogen-bond acceptors (Lipinski definition) is 6. The van der Waals surface area contributed by atoms with Crippen molar-refractivity contribution in [3.8, 4) is 5.69 Å². The third-order valence-electron chi connectivity index (χ3n) is 6.56. The minimum Gasteiger partial charge on any atom is -0.378 e. The molecule has 0 amide bonds. The number of ether oxygens (including phenoxy) is 1. The number of nitrogens with one attached hydrogen (secondary N) is 1.